The van der Waals surface area contributed by atoms with Gasteiger partial charge in [-0.2, -0.15) is 20.1 Å². The largest absolute Gasteiger partial charge is 0.357 e. The van der Waals surface area contributed by atoms with Gasteiger partial charge in [-0.05, 0) is 31.7 Å². The molecule has 0 aliphatic carbocycles. The van der Waals surface area contributed by atoms with Crippen molar-refractivity contribution in [2.75, 3.05) is 30.4 Å². The van der Waals surface area contributed by atoms with Crippen LogP contribution in [0.15, 0.2) is 12.4 Å². The molecule has 1 aliphatic rings. The first-order chi connectivity index (χ1) is 9.76. The minimum atomic E-state index is 0.554. The Morgan fingerprint density at radius 2 is 1.80 bits per heavy atom. The van der Waals surface area contributed by atoms with E-state index in [1.54, 1.807) is 10.9 Å². The van der Waals surface area contributed by atoms with Gasteiger partial charge in [0, 0.05) is 26.3 Å². The molecule has 0 atom stereocenters. The van der Waals surface area contributed by atoms with E-state index >= 15 is 0 Å². The van der Waals surface area contributed by atoms with Gasteiger partial charge in [0.1, 0.15) is 0 Å². The van der Waals surface area contributed by atoms with Crippen molar-refractivity contribution >= 4 is 11.9 Å². The van der Waals surface area contributed by atoms with Gasteiger partial charge < -0.3 is 10.2 Å². The lowest BCUT2D eigenvalue weighted by molar-refractivity contribution is 0.566. The molecule has 0 unspecified atom stereocenters. The SMILES string of the molecule is CNc1nc(N2CCCCC2)nc(-n2cc(C)cn2)n1. The molecular weight excluding hydrogens is 254 g/mol. The maximum atomic E-state index is 4.55. The Hall–Kier alpha value is -2.18. The van der Waals surface area contributed by atoms with Crippen LogP contribution < -0.4 is 10.2 Å². The third-order valence-electron chi connectivity index (χ3n) is 3.39. The molecule has 3 heterocycles. The van der Waals surface area contributed by atoms with E-state index in [9.17, 15) is 0 Å². The van der Waals surface area contributed by atoms with Crippen LogP contribution in [0.25, 0.3) is 5.95 Å². The van der Waals surface area contributed by atoms with Crippen LogP contribution in [0.1, 0.15) is 24.8 Å². The second-order valence-electron chi connectivity index (χ2n) is 5.02. The van der Waals surface area contributed by atoms with Crippen molar-refractivity contribution in [1.82, 2.24) is 24.7 Å². The molecule has 3 rings (SSSR count). The summed E-state index contributed by atoms with van der Waals surface area (Å²) < 4.78 is 1.69. The molecule has 1 fully saturated rings. The average molecular weight is 273 g/mol. The topological polar surface area (TPSA) is 71.8 Å². The maximum absolute atomic E-state index is 4.55. The van der Waals surface area contributed by atoms with Gasteiger partial charge in [0.15, 0.2) is 0 Å². The third-order valence-corrected chi connectivity index (χ3v) is 3.39. The Labute approximate surface area is 118 Å². The van der Waals surface area contributed by atoms with Gasteiger partial charge in [-0.3, -0.25) is 0 Å². The van der Waals surface area contributed by atoms with Crippen LogP contribution in [0.5, 0.6) is 0 Å². The molecule has 7 heteroatoms. The summed E-state index contributed by atoms with van der Waals surface area (Å²) >= 11 is 0. The molecule has 7 nitrogen and oxygen atoms in total. The van der Waals surface area contributed by atoms with E-state index in [0.29, 0.717) is 11.9 Å². The molecule has 0 aromatic carbocycles. The molecule has 20 heavy (non-hydrogen) atoms. The summed E-state index contributed by atoms with van der Waals surface area (Å²) in [6.07, 6.45) is 7.37. The van der Waals surface area contributed by atoms with Crippen molar-refractivity contribution in [2.24, 2.45) is 0 Å². The molecule has 1 N–H and O–H groups in total. The molecule has 1 saturated heterocycles. The van der Waals surface area contributed by atoms with E-state index in [2.05, 4.69) is 30.3 Å². The van der Waals surface area contributed by atoms with Crippen LogP contribution in [0, 0.1) is 6.92 Å². The predicted octanol–water partition coefficient (Wildman–Crippen LogP) is 1.40. The Kier molecular flexibility index (Phi) is 3.49. The molecule has 0 spiro atoms. The van der Waals surface area contributed by atoms with Gasteiger partial charge in [0.05, 0.1) is 6.20 Å². The van der Waals surface area contributed by atoms with Gasteiger partial charge in [-0.25, -0.2) is 4.68 Å². The highest BCUT2D eigenvalue weighted by Gasteiger charge is 2.16. The summed E-state index contributed by atoms with van der Waals surface area (Å²) in [5.74, 6) is 1.86. The zero-order valence-electron chi connectivity index (χ0n) is 11.9. The molecule has 1 aliphatic heterocycles. The van der Waals surface area contributed by atoms with Crippen molar-refractivity contribution in [3.8, 4) is 5.95 Å². The van der Waals surface area contributed by atoms with Crippen LogP contribution in [0.4, 0.5) is 11.9 Å². The average Bonchev–Trinajstić information content (AvgIpc) is 2.94. The first kappa shape index (κ1) is 12.8. The lowest BCUT2D eigenvalue weighted by Gasteiger charge is -2.26. The lowest BCUT2D eigenvalue weighted by Crippen LogP contribution is -2.31. The number of rotatable bonds is 3. The fraction of sp³-hybridized carbons (Fsp3) is 0.538. The molecule has 106 valence electrons. The normalized spacial score (nSPS) is 15.4. The predicted molar refractivity (Wildman–Crippen MR) is 77.3 cm³/mol. The quantitative estimate of drug-likeness (QED) is 0.911. The highest BCUT2D eigenvalue weighted by Crippen LogP contribution is 2.18. The molecule has 0 saturated carbocycles. The number of aromatic nitrogens is 5. The van der Waals surface area contributed by atoms with Gasteiger partial charge in [-0.15, -0.1) is 0 Å². The van der Waals surface area contributed by atoms with E-state index in [4.69, 9.17) is 0 Å². The highest BCUT2D eigenvalue weighted by molar-refractivity contribution is 5.40. The second kappa shape index (κ2) is 5.44. The van der Waals surface area contributed by atoms with E-state index in [0.717, 1.165) is 24.6 Å². The van der Waals surface area contributed by atoms with E-state index in [1.165, 1.54) is 19.3 Å². The van der Waals surface area contributed by atoms with Crippen LogP contribution in [-0.2, 0) is 0 Å². The third kappa shape index (κ3) is 2.56. The maximum Gasteiger partial charge on any atom is 0.257 e. The minimum Gasteiger partial charge on any atom is -0.357 e. The van der Waals surface area contributed by atoms with Gasteiger partial charge in [-0.1, -0.05) is 0 Å². The van der Waals surface area contributed by atoms with Crippen LogP contribution in [-0.4, -0.2) is 44.9 Å². The Balaban J connectivity index is 1.97. The highest BCUT2D eigenvalue weighted by atomic mass is 15.4. The standard InChI is InChI=1S/C13H19N7/c1-10-8-15-20(9-10)13-17-11(14-2)16-12(18-13)19-6-4-3-5-7-19/h8-9H,3-7H2,1-2H3,(H,14,16,17,18). The molecule has 0 amide bonds. The summed E-state index contributed by atoms with van der Waals surface area (Å²) in [6, 6.07) is 0. The lowest BCUT2D eigenvalue weighted by atomic mass is 10.1. The zero-order valence-corrected chi connectivity index (χ0v) is 11.9. The first-order valence-corrected chi connectivity index (χ1v) is 6.97. The van der Waals surface area contributed by atoms with Crippen molar-refractivity contribution in [2.45, 2.75) is 26.2 Å². The van der Waals surface area contributed by atoms with Crippen molar-refractivity contribution in [3.63, 3.8) is 0 Å². The van der Waals surface area contributed by atoms with Crippen LogP contribution in [0.3, 0.4) is 0 Å². The smallest absolute Gasteiger partial charge is 0.257 e. The summed E-state index contributed by atoms with van der Waals surface area (Å²) in [7, 11) is 1.81. The summed E-state index contributed by atoms with van der Waals surface area (Å²) in [4.78, 5) is 15.6. The first-order valence-electron chi connectivity index (χ1n) is 6.97. The number of anilines is 2. The van der Waals surface area contributed by atoms with E-state index < -0.39 is 0 Å². The van der Waals surface area contributed by atoms with Crippen LogP contribution in [0.2, 0.25) is 0 Å². The van der Waals surface area contributed by atoms with Gasteiger partial charge in [0.2, 0.25) is 11.9 Å². The van der Waals surface area contributed by atoms with E-state index in [-0.39, 0.29) is 0 Å². The Bertz CT molecular complexity index is 586. The van der Waals surface area contributed by atoms with Crippen molar-refractivity contribution in [1.29, 1.82) is 0 Å². The fourth-order valence-electron chi connectivity index (χ4n) is 2.33. The minimum absolute atomic E-state index is 0.554. The van der Waals surface area contributed by atoms with Gasteiger partial charge >= 0.3 is 0 Å². The number of nitrogens with zero attached hydrogens (tertiary/aromatic N) is 6. The monoisotopic (exact) mass is 273 g/mol. The molecule has 0 radical (unpaired) electrons. The Morgan fingerprint density at radius 3 is 2.45 bits per heavy atom. The Morgan fingerprint density at radius 1 is 1.05 bits per heavy atom. The van der Waals surface area contributed by atoms with Crippen molar-refractivity contribution in [3.05, 3.63) is 18.0 Å². The fourth-order valence-corrected chi connectivity index (χ4v) is 2.33. The molecule has 2 aromatic heterocycles. The van der Waals surface area contributed by atoms with E-state index in [1.807, 2.05) is 20.2 Å². The number of aryl methyl sites for hydroxylation is 1. The van der Waals surface area contributed by atoms with Crippen molar-refractivity contribution < 1.29 is 0 Å². The van der Waals surface area contributed by atoms with Gasteiger partial charge in [0.25, 0.3) is 5.95 Å². The molecule has 2 aromatic rings. The molecule has 0 bridgehead atoms. The summed E-state index contributed by atoms with van der Waals surface area (Å²) in [5.41, 5.74) is 1.08. The number of nitrogens with one attached hydrogen (secondary N) is 1. The number of hydrogen-bond acceptors (Lipinski definition) is 6. The second-order valence-corrected chi connectivity index (χ2v) is 5.02. The zero-order chi connectivity index (χ0) is 13.9. The van der Waals surface area contributed by atoms with Crippen LogP contribution >= 0.6 is 0 Å². The summed E-state index contributed by atoms with van der Waals surface area (Å²) in [5, 5.41) is 7.26. The summed E-state index contributed by atoms with van der Waals surface area (Å²) in [6.45, 7) is 4.00. The number of hydrogen-bond donors (Lipinski definition) is 1. The molecular formula is C13H19N7. The number of piperidine rings is 1.